The molecule has 2 aromatic rings. The van der Waals surface area contributed by atoms with Crippen LogP contribution < -0.4 is 10.2 Å². The minimum atomic E-state index is -0.946. The predicted octanol–water partition coefficient (Wildman–Crippen LogP) is 1.60. The van der Waals surface area contributed by atoms with Gasteiger partial charge in [-0.2, -0.15) is 5.10 Å². The molecule has 0 saturated heterocycles. The molecule has 7 heteroatoms. The van der Waals surface area contributed by atoms with Gasteiger partial charge in [-0.3, -0.25) is 14.8 Å². The van der Waals surface area contributed by atoms with E-state index in [9.17, 15) is 9.59 Å². The summed E-state index contributed by atoms with van der Waals surface area (Å²) in [5.41, 5.74) is 1.50. The summed E-state index contributed by atoms with van der Waals surface area (Å²) in [7, 11) is 0. The van der Waals surface area contributed by atoms with Crippen LogP contribution in [0.3, 0.4) is 0 Å². The van der Waals surface area contributed by atoms with E-state index < -0.39 is 5.97 Å². The second-order valence-electron chi connectivity index (χ2n) is 4.40. The summed E-state index contributed by atoms with van der Waals surface area (Å²) in [5.74, 6) is -0.946. The molecule has 0 spiro atoms. The van der Waals surface area contributed by atoms with Crippen molar-refractivity contribution >= 4 is 17.7 Å². The smallest absolute Gasteiger partial charge is 0.322 e. The summed E-state index contributed by atoms with van der Waals surface area (Å²) in [6.07, 6.45) is 3.18. The zero-order valence-electron chi connectivity index (χ0n) is 11.3. The van der Waals surface area contributed by atoms with E-state index in [0.717, 1.165) is 5.56 Å². The number of H-pyrrole nitrogens is 1. The Balaban J connectivity index is 2.03. The topological polar surface area (TPSA) is 98.3 Å². The molecule has 0 atom stereocenters. The molecule has 0 aliphatic rings. The number of anilines is 1. The number of aromatic nitrogens is 2. The second kappa shape index (κ2) is 7.09. The number of carbonyl (C=O) groups is 2. The first-order valence-electron chi connectivity index (χ1n) is 6.46. The number of nitrogens with one attached hydrogen (secondary N) is 2. The molecule has 1 aromatic heterocycles. The summed E-state index contributed by atoms with van der Waals surface area (Å²) < 4.78 is 0. The number of para-hydroxylation sites is 1. The molecule has 7 nitrogen and oxygen atoms in total. The molecule has 1 aromatic carbocycles. The number of urea groups is 1. The standard InChI is InChI=1S/C14H16N4O3/c19-13(20)6-7-18(12-4-2-1-3-5-12)14(21)15-8-11-9-16-17-10-11/h1-5,9-10H,6-8H2,(H,15,21)(H,16,17)(H,19,20). The third-order valence-electron chi connectivity index (χ3n) is 2.86. The van der Waals surface area contributed by atoms with Crippen molar-refractivity contribution in [2.75, 3.05) is 11.4 Å². The first kappa shape index (κ1) is 14.6. The summed E-state index contributed by atoms with van der Waals surface area (Å²) in [6, 6.07) is 8.61. The molecular weight excluding hydrogens is 272 g/mol. The van der Waals surface area contributed by atoms with Crippen molar-refractivity contribution in [3.63, 3.8) is 0 Å². The van der Waals surface area contributed by atoms with E-state index in [2.05, 4.69) is 15.5 Å². The Morgan fingerprint density at radius 1 is 1.29 bits per heavy atom. The van der Waals surface area contributed by atoms with Gasteiger partial charge in [0.2, 0.25) is 0 Å². The summed E-state index contributed by atoms with van der Waals surface area (Å²) >= 11 is 0. The quantitative estimate of drug-likeness (QED) is 0.752. The largest absolute Gasteiger partial charge is 0.481 e. The number of carboxylic acids is 1. The van der Waals surface area contributed by atoms with Crippen LogP contribution in [0.25, 0.3) is 0 Å². The van der Waals surface area contributed by atoms with E-state index in [-0.39, 0.29) is 19.0 Å². The number of aromatic amines is 1. The highest BCUT2D eigenvalue weighted by Crippen LogP contribution is 2.14. The highest BCUT2D eigenvalue weighted by molar-refractivity contribution is 5.92. The van der Waals surface area contributed by atoms with Crippen molar-refractivity contribution in [3.05, 3.63) is 48.3 Å². The third-order valence-corrected chi connectivity index (χ3v) is 2.86. The van der Waals surface area contributed by atoms with E-state index in [1.807, 2.05) is 6.07 Å². The molecule has 0 radical (unpaired) electrons. The first-order valence-corrected chi connectivity index (χ1v) is 6.46. The molecule has 0 unspecified atom stereocenters. The summed E-state index contributed by atoms with van der Waals surface area (Å²) in [5, 5.41) is 18.0. The van der Waals surface area contributed by atoms with Crippen LogP contribution in [-0.2, 0) is 11.3 Å². The molecule has 3 N–H and O–H groups in total. The van der Waals surface area contributed by atoms with Crippen LogP contribution >= 0.6 is 0 Å². The number of rotatable bonds is 6. The van der Waals surface area contributed by atoms with Gasteiger partial charge in [0.15, 0.2) is 0 Å². The number of hydrogen-bond donors (Lipinski definition) is 3. The number of benzene rings is 1. The van der Waals surface area contributed by atoms with E-state index >= 15 is 0 Å². The fourth-order valence-electron chi connectivity index (χ4n) is 1.81. The molecule has 2 rings (SSSR count). The third kappa shape index (κ3) is 4.34. The number of amides is 2. The first-order chi connectivity index (χ1) is 10.2. The van der Waals surface area contributed by atoms with Gasteiger partial charge < -0.3 is 10.4 Å². The normalized spacial score (nSPS) is 10.1. The average Bonchev–Trinajstić information content (AvgIpc) is 2.99. The van der Waals surface area contributed by atoms with Crippen LogP contribution in [0.5, 0.6) is 0 Å². The molecular formula is C14H16N4O3. The van der Waals surface area contributed by atoms with Gasteiger partial charge in [0.1, 0.15) is 0 Å². The number of hydrogen-bond acceptors (Lipinski definition) is 3. The Morgan fingerprint density at radius 3 is 2.67 bits per heavy atom. The van der Waals surface area contributed by atoms with Gasteiger partial charge in [0.25, 0.3) is 0 Å². The van der Waals surface area contributed by atoms with Crippen LogP contribution in [0.4, 0.5) is 10.5 Å². The van der Waals surface area contributed by atoms with Crippen molar-refractivity contribution in [1.29, 1.82) is 0 Å². The van der Waals surface area contributed by atoms with Crippen LogP contribution in [0.1, 0.15) is 12.0 Å². The Bertz CT molecular complexity index is 584. The summed E-state index contributed by atoms with van der Waals surface area (Å²) in [4.78, 5) is 24.4. The van der Waals surface area contributed by atoms with Gasteiger partial charge in [-0.25, -0.2) is 4.79 Å². The molecule has 0 bridgehead atoms. The van der Waals surface area contributed by atoms with Crippen molar-refractivity contribution < 1.29 is 14.7 Å². The lowest BCUT2D eigenvalue weighted by Gasteiger charge is -2.22. The fraction of sp³-hybridized carbons (Fsp3) is 0.214. The van der Waals surface area contributed by atoms with Gasteiger partial charge in [0, 0.05) is 30.5 Å². The van der Waals surface area contributed by atoms with Crippen LogP contribution in [-0.4, -0.2) is 33.8 Å². The van der Waals surface area contributed by atoms with E-state index in [1.54, 1.807) is 36.7 Å². The van der Waals surface area contributed by atoms with Crippen molar-refractivity contribution in [1.82, 2.24) is 15.5 Å². The SMILES string of the molecule is O=C(O)CCN(C(=O)NCc1cn[nH]c1)c1ccccc1. The van der Waals surface area contributed by atoms with Gasteiger partial charge in [-0.05, 0) is 12.1 Å². The molecule has 0 aliphatic heterocycles. The zero-order valence-corrected chi connectivity index (χ0v) is 11.3. The molecule has 0 fully saturated rings. The second-order valence-corrected chi connectivity index (χ2v) is 4.40. The van der Waals surface area contributed by atoms with E-state index in [0.29, 0.717) is 12.2 Å². The van der Waals surface area contributed by atoms with Crippen molar-refractivity contribution in [2.24, 2.45) is 0 Å². The molecule has 0 aliphatic carbocycles. The Kier molecular flexibility index (Phi) is 4.92. The monoisotopic (exact) mass is 288 g/mol. The van der Waals surface area contributed by atoms with Crippen LogP contribution in [0.2, 0.25) is 0 Å². The van der Waals surface area contributed by atoms with Crippen molar-refractivity contribution in [2.45, 2.75) is 13.0 Å². The average molecular weight is 288 g/mol. The van der Waals surface area contributed by atoms with E-state index in [1.165, 1.54) is 4.90 Å². The molecule has 1 heterocycles. The minimum Gasteiger partial charge on any atom is -0.481 e. The minimum absolute atomic E-state index is 0.108. The fourth-order valence-corrected chi connectivity index (χ4v) is 1.81. The highest BCUT2D eigenvalue weighted by atomic mass is 16.4. The maximum atomic E-state index is 12.2. The molecule has 21 heavy (non-hydrogen) atoms. The maximum absolute atomic E-state index is 12.2. The lowest BCUT2D eigenvalue weighted by molar-refractivity contribution is -0.136. The predicted molar refractivity (Wildman–Crippen MR) is 76.9 cm³/mol. The van der Waals surface area contributed by atoms with Gasteiger partial charge in [0.05, 0.1) is 12.6 Å². The van der Waals surface area contributed by atoms with Gasteiger partial charge in [-0.15, -0.1) is 0 Å². The zero-order chi connectivity index (χ0) is 15.1. The van der Waals surface area contributed by atoms with Crippen LogP contribution in [0.15, 0.2) is 42.7 Å². The Hall–Kier alpha value is -2.83. The van der Waals surface area contributed by atoms with Gasteiger partial charge in [-0.1, -0.05) is 18.2 Å². The highest BCUT2D eigenvalue weighted by Gasteiger charge is 2.16. The molecule has 2 amide bonds. The summed E-state index contributed by atoms with van der Waals surface area (Å²) in [6.45, 7) is 0.433. The number of carbonyl (C=O) groups excluding carboxylic acids is 1. The van der Waals surface area contributed by atoms with Crippen molar-refractivity contribution in [3.8, 4) is 0 Å². The maximum Gasteiger partial charge on any atom is 0.322 e. The van der Waals surface area contributed by atoms with Gasteiger partial charge >= 0.3 is 12.0 Å². The molecule has 0 saturated carbocycles. The number of nitrogens with zero attached hydrogens (tertiary/aromatic N) is 2. The van der Waals surface area contributed by atoms with Crippen LogP contribution in [0, 0.1) is 0 Å². The number of aliphatic carboxylic acids is 1. The Labute approximate surface area is 121 Å². The van der Waals surface area contributed by atoms with E-state index in [4.69, 9.17) is 5.11 Å². The Morgan fingerprint density at radius 2 is 2.05 bits per heavy atom. The lowest BCUT2D eigenvalue weighted by atomic mass is 10.2. The number of carboxylic acid groups (broad SMARTS) is 1. The molecule has 110 valence electrons. The lowest BCUT2D eigenvalue weighted by Crippen LogP contribution is -2.40.